The molecule has 0 aliphatic heterocycles. The van der Waals surface area contributed by atoms with E-state index in [1.165, 1.54) is 0 Å². The molecule has 0 heterocycles. The Labute approximate surface area is 187 Å². The van der Waals surface area contributed by atoms with Crippen LogP contribution >= 0.6 is 0 Å². The molecule has 32 heavy (non-hydrogen) atoms. The lowest BCUT2D eigenvalue weighted by molar-refractivity contribution is -0.201. The smallest absolute Gasteiger partial charge is 0.386 e. The minimum absolute atomic E-state index is 0.103. The van der Waals surface area contributed by atoms with Crippen LogP contribution in [0, 0.1) is 17.8 Å². The second-order valence-corrected chi connectivity index (χ2v) is 8.69. The number of rotatable bonds is 13. The summed E-state index contributed by atoms with van der Waals surface area (Å²) >= 11 is 0. The van der Waals surface area contributed by atoms with Crippen molar-refractivity contribution in [2.24, 2.45) is 23.5 Å². The minimum atomic E-state index is -5.23. The molecule has 0 aromatic carbocycles. The Bertz CT molecular complexity index is 641. The van der Waals surface area contributed by atoms with Crippen molar-refractivity contribution in [3.8, 4) is 0 Å². The van der Waals surface area contributed by atoms with Crippen molar-refractivity contribution < 1.29 is 37.1 Å². The van der Waals surface area contributed by atoms with Gasteiger partial charge in [0.1, 0.15) is 6.04 Å². The highest BCUT2D eigenvalue weighted by Crippen LogP contribution is 2.17. The van der Waals surface area contributed by atoms with E-state index in [2.05, 4.69) is 15.4 Å². The molecule has 0 rings (SSSR count). The Balaban J connectivity index is 4.71. The molecule has 0 aliphatic carbocycles. The van der Waals surface area contributed by atoms with Gasteiger partial charge in [-0.25, -0.2) is 4.79 Å². The monoisotopic (exact) mass is 467 g/mol. The average Bonchev–Trinajstić information content (AvgIpc) is 2.68. The molecular formula is C21H36F3N3O5. The van der Waals surface area contributed by atoms with E-state index in [4.69, 9.17) is 5.73 Å². The number of nitrogens with one attached hydrogen (secondary N) is 2. The van der Waals surface area contributed by atoms with Gasteiger partial charge >= 0.3 is 18.1 Å². The molecule has 186 valence electrons. The summed E-state index contributed by atoms with van der Waals surface area (Å²) in [5.74, 6) is -4.54. The normalized spacial score (nSPS) is 15.4. The van der Waals surface area contributed by atoms with Crippen LogP contribution in [0.4, 0.5) is 13.2 Å². The summed E-state index contributed by atoms with van der Waals surface area (Å²) in [5, 5.41) is 5.39. The van der Waals surface area contributed by atoms with E-state index in [0.717, 1.165) is 6.42 Å². The first-order valence-electron chi connectivity index (χ1n) is 10.8. The van der Waals surface area contributed by atoms with Crippen molar-refractivity contribution in [2.45, 2.75) is 85.0 Å². The second-order valence-electron chi connectivity index (χ2n) is 8.69. The number of amides is 2. The lowest BCUT2D eigenvalue weighted by atomic mass is 9.97. The first kappa shape index (κ1) is 29.8. The van der Waals surface area contributed by atoms with Gasteiger partial charge < -0.3 is 21.1 Å². The molecule has 0 saturated carbocycles. The van der Waals surface area contributed by atoms with Crippen LogP contribution in [0.5, 0.6) is 0 Å². The van der Waals surface area contributed by atoms with Crippen LogP contribution in [0.2, 0.25) is 0 Å². The van der Waals surface area contributed by atoms with E-state index in [1.54, 1.807) is 6.92 Å². The maximum atomic E-state index is 12.6. The molecule has 11 heteroatoms. The van der Waals surface area contributed by atoms with Crippen LogP contribution < -0.4 is 16.4 Å². The molecular weight excluding hydrogens is 431 g/mol. The Hall–Kier alpha value is -2.17. The number of ether oxygens (including phenoxy) is 1. The average molecular weight is 468 g/mol. The van der Waals surface area contributed by atoms with Crippen molar-refractivity contribution in [3.05, 3.63) is 0 Å². The first-order valence-corrected chi connectivity index (χ1v) is 10.8. The van der Waals surface area contributed by atoms with Gasteiger partial charge in [0.15, 0.2) is 0 Å². The zero-order valence-corrected chi connectivity index (χ0v) is 19.4. The van der Waals surface area contributed by atoms with Gasteiger partial charge in [-0.3, -0.25) is 14.4 Å². The summed E-state index contributed by atoms with van der Waals surface area (Å²) in [4.78, 5) is 47.0. The van der Waals surface area contributed by atoms with Crippen LogP contribution in [0.1, 0.15) is 66.7 Å². The van der Waals surface area contributed by atoms with E-state index in [1.807, 2.05) is 27.7 Å². The molecule has 0 fully saturated rings. The van der Waals surface area contributed by atoms with Gasteiger partial charge in [-0.2, -0.15) is 13.2 Å². The van der Waals surface area contributed by atoms with Gasteiger partial charge in [0.25, 0.3) is 0 Å². The Morgan fingerprint density at radius 1 is 0.969 bits per heavy atom. The highest BCUT2D eigenvalue weighted by Gasteiger charge is 2.42. The third kappa shape index (κ3) is 12.6. The molecule has 3 unspecified atom stereocenters. The van der Waals surface area contributed by atoms with Gasteiger partial charge in [0.2, 0.25) is 11.8 Å². The summed E-state index contributed by atoms with van der Waals surface area (Å²) in [5.41, 5.74) is 5.90. The quantitative estimate of drug-likeness (QED) is 0.282. The largest absolute Gasteiger partial charge is 0.491 e. The van der Waals surface area contributed by atoms with Gasteiger partial charge in [-0.1, -0.05) is 41.0 Å². The van der Waals surface area contributed by atoms with Gasteiger partial charge in [-0.05, 0) is 37.0 Å². The summed E-state index contributed by atoms with van der Waals surface area (Å²) in [6.07, 6.45) is -3.83. The summed E-state index contributed by atoms with van der Waals surface area (Å²) < 4.78 is 40.0. The maximum Gasteiger partial charge on any atom is 0.491 e. The molecule has 0 aromatic heterocycles. The van der Waals surface area contributed by atoms with Crippen LogP contribution in [0.15, 0.2) is 0 Å². The van der Waals surface area contributed by atoms with Crippen molar-refractivity contribution in [3.63, 3.8) is 0 Å². The molecule has 4 N–H and O–H groups in total. The van der Waals surface area contributed by atoms with Crippen molar-refractivity contribution in [1.82, 2.24) is 10.6 Å². The fraction of sp³-hybridized carbons (Fsp3) is 0.810. The number of carbonyl (C=O) groups is 4. The molecule has 0 aromatic rings. The highest BCUT2D eigenvalue weighted by molar-refractivity contribution is 5.90. The number of alkyl halides is 3. The zero-order chi connectivity index (χ0) is 25.1. The van der Waals surface area contributed by atoms with E-state index in [0.29, 0.717) is 12.8 Å². The number of esters is 2. The van der Waals surface area contributed by atoms with Crippen LogP contribution in [0.3, 0.4) is 0 Å². The number of halogens is 3. The molecule has 8 nitrogen and oxygen atoms in total. The van der Waals surface area contributed by atoms with Gasteiger partial charge in [0, 0.05) is 13.0 Å². The third-order valence-corrected chi connectivity index (χ3v) is 4.93. The highest BCUT2D eigenvalue weighted by atomic mass is 19.4. The fourth-order valence-corrected chi connectivity index (χ4v) is 2.77. The lowest BCUT2D eigenvalue weighted by Gasteiger charge is -2.24. The molecule has 0 aliphatic rings. The summed E-state index contributed by atoms with van der Waals surface area (Å²) in [6.45, 7) is 9.61. The minimum Gasteiger partial charge on any atom is -0.386 e. The Morgan fingerprint density at radius 2 is 1.56 bits per heavy atom. The fourth-order valence-electron chi connectivity index (χ4n) is 2.77. The molecule has 0 saturated heterocycles. The SMILES string of the molecule is CCC(C)CC(NC(=O)[C@@H](N)CC(C)C)C(=O)NCC(C)CCC(=O)OC(=O)C(F)(F)F. The topological polar surface area (TPSA) is 128 Å². The molecule has 2 amide bonds. The molecule has 0 radical (unpaired) electrons. The maximum absolute atomic E-state index is 12.6. The van der Waals surface area contributed by atoms with Crippen molar-refractivity contribution >= 4 is 23.8 Å². The van der Waals surface area contributed by atoms with Crippen molar-refractivity contribution in [2.75, 3.05) is 6.54 Å². The predicted molar refractivity (Wildman–Crippen MR) is 112 cm³/mol. The molecule has 0 bridgehead atoms. The number of hydrogen-bond donors (Lipinski definition) is 3. The zero-order valence-electron chi connectivity index (χ0n) is 19.4. The van der Waals surface area contributed by atoms with Crippen LogP contribution in [-0.2, 0) is 23.9 Å². The predicted octanol–water partition coefficient (Wildman–Crippen LogP) is 2.45. The van der Waals surface area contributed by atoms with Crippen LogP contribution in [0.25, 0.3) is 0 Å². The third-order valence-electron chi connectivity index (χ3n) is 4.93. The summed E-state index contributed by atoms with van der Waals surface area (Å²) in [7, 11) is 0. The lowest BCUT2D eigenvalue weighted by Crippen LogP contribution is -2.52. The molecule has 4 atom stereocenters. The van der Waals surface area contributed by atoms with Crippen molar-refractivity contribution in [1.29, 1.82) is 0 Å². The van der Waals surface area contributed by atoms with Gasteiger partial charge in [0.05, 0.1) is 6.04 Å². The van der Waals surface area contributed by atoms with E-state index in [-0.39, 0.29) is 30.7 Å². The first-order chi connectivity index (χ1) is 14.7. The summed E-state index contributed by atoms with van der Waals surface area (Å²) in [6, 6.07) is -1.51. The van der Waals surface area contributed by atoms with E-state index >= 15 is 0 Å². The Morgan fingerprint density at radius 3 is 2.06 bits per heavy atom. The molecule has 0 spiro atoms. The number of hydrogen-bond acceptors (Lipinski definition) is 6. The van der Waals surface area contributed by atoms with E-state index in [9.17, 15) is 32.3 Å². The Kier molecular flexibility index (Phi) is 13.1. The standard InChI is InChI=1S/C21H36F3N3O5/c1-6-13(4)10-16(27-18(29)15(25)9-12(2)3)19(30)26-11-14(5)7-8-17(28)32-20(31)21(22,23)24/h12-16H,6-11,25H2,1-5H3,(H,26,30)(H,27,29)/t13?,14?,15-,16?/m0/s1. The van der Waals surface area contributed by atoms with Crippen LogP contribution in [-0.4, -0.2) is 48.6 Å². The number of nitrogens with two attached hydrogens (primary N) is 1. The van der Waals surface area contributed by atoms with E-state index < -0.39 is 48.4 Å². The van der Waals surface area contributed by atoms with Gasteiger partial charge in [-0.15, -0.1) is 0 Å². The number of carbonyl (C=O) groups excluding carboxylic acids is 4. The second kappa shape index (κ2) is 14.1.